The van der Waals surface area contributed by atoms with E-state index in [0.717, 1.165) is 38.0 Å². The molecule has 4 atom stereocenters. The van der Waals surface area contributed by atoms with Gasteiger partial charge in [0.1, 0.15) is 0 Å². The van der Waals surface area contributed by atoms with E-state index < -0.39 is 0 Å². The highest BCUT2D eigenvalue weighted by Crippen LogP contribution is 2.51. The first kappa shape index (κ1) is 13.1. The molecule has 0 spiro atoms. The van der Waals surface area contributed by atoms with Gasteiger partial charge in [0.05, 0.1) is 6.10 Å². The molecule has 0 aromatic carbocycles. The lowest BCUT2D eigenvalue weighted by Crippen LogP contribution is -2.48. The van der Waals surface area contributed by atoms with Crippen molar-refractivity contribution in [3.8, 4) is 0 Å². The third kappa shape index (κ3) is 2.18. The van der Waals surface area contributed by atoms with E-state index in [1.54, 1.807) is 0 Å². The summed E-state index contributed by atoms with van der Waals surface area (Å²) < 4.78 is 0. The molecule has 2 bridgehead atoms. The number of aliphatic hydroxyl groups is 1. The van der Waals surface area contributed by atoms with Crippen LogP contribution in [-0.4, -0.2) is 34.1 Å². The molecule has 0 aromatic rings. The number of fused-ring (bicyclic) bond motifs is 2. The van der Waals surface area contributed by atoms with Gasteiger partial charge in [0.25, 0.3) is 0 Å². The van der Waals surface area contributed by atoms with Crippen LogP contribution in [0.3, 0.4) is 0 Å². The first-order valence-corrected chi connectivity index (χ1v) is 8.74. The van der Waals surface area contributed by atoms with Crippen LogP contribution in [0.4, 0.5) is 0 Å². The van der Waals surface area contributed by atoms with Crippen molar-refractivity contribution >= 4 is 5.91 Å². The summed E-state index contributed by atoms with van der Waals surface area (Å²) in [6.07, 6.45) is 11.8. The Morgan fingerprint density at radius 3 is 2.20 bits per heavy atom. The molecule has 2 aliphatic heterocycles. The van der Waals surface area contributed by atoms with Gasteiger partial charge in [-0.3, -0.25) is 4.79 Å². The zero-order valence-corrected chi connectivity index (χ0v) is 12.3. The van der Waals surface area contributed by atoms with E-state index in [9.17, 15) is 9.90 Å². The third-order valence-corrected chi connectivity index (χ3v) is 6.38. The summed E-state index contributed by atoms with van der Waals surface area (Å²) in [5.41, 5.74) is 0. The number of aliphatic hydroxyl groups excluding tert-OH is 1. The molecule has 4 aliphatic rings. The summed E-state index contributed by atoms with van der Waals surface area (Å²) in [6.45, 7) is 0. The lowest BCUT2D eigenvalue weighted by Gasteiger charge is -2.37. The van der Waals surface area contributed by atoms with Crippen LogP contribution >= 0.6 is 0 Å². The molecule has 3 heteroatoms. The highest BCUT2D eigenvalue weighted by molar-refractivity contribution is 5.82. The minimum Gasteiger partial charge on any atom is -0.393 e. The van der Waals surface area contributed by atoms with Crippen LogP contribution in [0.2, 0.25) is 0 Å². The van der Waals surface area contributed by atoms with Gasteiger partial charge in [0.15, 0.2) is 0 Å². The van der Waals surface area contributed by atoms with Gasteiger partial charge in [0.2, 0.25) is 5.91 Å². The predicted octanol–water partition coefficient (Wildman–Crippen LogP) is 2.72. The maximum Gasteiger partial charge on any atom is 0.226 e. The topological polar surface area (TPSA) is 40.5 Å². The van der Waals surface area contributed by atoms with Crippen LogP contribution < -0.4 is 0 Å². The first-order chi connectivity index (χ1) is 9.74. The molecule has 4 fully saturated rings. The van der Waals surface area contributed by atoms with Gasteiger partial charge in [-0.2, -0.15) is 0 Å². The molecule has 112 valence electrons. The summed E-state index contributed by atoms with van der Waals surface area (Å²) in [7, 11) is 0. The van der Waals surface area contributed by atoms with E-state index in [1.165, 1.54) is 32.1 Å². The fourth-order valence-corrected chi connectivity index (χ4v) is 5.28. The number of piperidine rings is 1. The SMILES string of the molecule is O=C([C@H]1C[C@H]1C1CCCCC1)N1[C@H]2CC[C@H]1CC(O)C2. The van der Waals surface area contributed by atoms with Crippen LogP contribution in [0.1, 0.15) is 64.2 Å². The second-order valence-corrected chi connectivity index (χ2v) is 7.66. The van der Waals surface area contributed by atoms with Crippen LogP contribution in [0.5, 0.6) is 0 Å². The normalized spacial score (nSPS) is 44.6. The Morgan fingerprint density at radius 2 is 1.55 bits per heavy atom. The van der Waals surface area contributed by atoms with E-state index in [1.807, 2.05) is 0 Å². The number of hydrogen-bond donors (Lipinski definition) is 1. The number of nitrogens with zero attached hydrogens (tertiary/aromatic N) is 1. The third-order valence-electron chi connectivity index (χ3n) is 6.38. The number of rotatable bonds is 2. The Hall–Kier alpha value is -0.570. The van der Waals surface area contributed by atoms with Gasteiger partial charge in [-0.25, -0.2) is 0 Å². The smallest absolute Gasteiger partial charge is 0.226 e. The number of amides is 1. The largest absolute Gasteiger partial charge is 0.393 e. The van der Waals surface area contributed by atoms with E-state index in [4.69, 9.17) is 0 Å². The van der Waals surface area contributed by atoms with Crippen molar-refractivity contribution in [1.29, 1.82) is 0 Å². The predicted molar refractivity (Wildman–Crippen MR) is 77.1 cm³/mol. The van der Waals surface area contributed by atoms with Crippen molar-refractivity contribution in [2.75, 3.05) is 0 Å². The number of hydrogen-bond acceptors (Lipinski definition) is 2. The van der Waals surface area contributed by atoms with Crippen molar-refractivity contribution in [2.45, 2.75) is 82.4 Å². The molecule has 3 nitrogen and oxygen atoms in total. The maximum absolute atomic E-state index is 12.8. The number of carbonyl (C=O) groups is 1. The Morgan fingerprint density at radius 1 is 0.900 bits per heavy atom. The minimum atomic E-state index is -0.162. The first-order valence-electron chi connectivity index (χ1n) is 8.74. The minimum absolute atomic E-state index is 0.162. The molecule has 1 N–H and O–H groups in total. The summed E-state index contributed by atoms with van der Waals surface area (Å²) in [5, 5.41) is 9.86. The zero-order chi connectivity index (χ0) is 13.7. The standard InChI is InChI=1S/C17H27NO2/c19-14-8-12-6-7-13(9-14)18(12)17(20)16-10-15(16)11-4-2-1-3-5-11/h11-16,19H,1-10H2/t12-,13-,15-,16-/m0/s1. The van der Waals surface area contributed by atoms with Crippen LogP contribution in [-0.2, 0) is 4.79 Å². The van der Waals surface area contributed by atoms with E-state index >= 15 is 0 Å². The molecule has 2 heterocycles. The van der Waals surface area contributed by atoms with Gasteiger partial charge >= 0.3 is 0 Å². The van der Waals surface area contributed by atoms with Crippen molar-refractivity contribution in [2.24, 2.45) is 17.8 Å². The quantitative estimate of drug-likeness (QED) is 0.843. The maximum atomic E-state index is 12.8. The van der Waals surface area contributed by atoms with Crippen LogP contribution in [0.25, 0.3) is 0 Å². The molecule has 2 aliphatic carbocycles. The molecule has 2 saturated carbocycles. The monoisotopic (exact) mass is 277 g/mol. The van der Waals surface area contributed by atoms with Crippen molar-refractivity contribution in [1.82, 2.24) is 4.90 Å². The summed E-state index contributed by atoms with van der Waals surface area (Å²) >= 11 is 0. The van der Waals surface area contributed by atoms with Gasteiger partial charge < -0.3 is 10.0 Å². The number of carbonyl (C=O) groups excluding carboxylic acids is 1. The highest BCUT2D eigenvalue weighted by atomic mass is 16.3. The summed E-state index contributed by atoms with van der Waals surface area (Å²) in [6, 6.07) is 0.702. The molecule has 0 aromatic heterocycles. The van der Waals surface area contributed by atoms with Crippen LogP contribution in [0, 0.1) is 17.8 Å². The molecule has 0 unspecified atom stereocenters. The molecular formula is C17H27NO2. The average Bonchev–Trinajstić information content (AvgIpc) is 3.20. The second-order valence-electron chi connectivity index (χ2n) is 7.66. The zero-order valence-electron chi connectivity index (χ0n) is 12.3. The fraction of sp³-hybridized carbons (Fsp3) is 0.941. The molecule has 0 radical (unpaired) electrons. The average molecular weight is 277 g/mol. The van der Waals surface area contributed by atoms with E-state index in [-0.39, 0.29) is 6.10 Å². The van der Waals surface area contributed by atoms with Gasteiger partial charge in [-0.05, 0) is 43.9 Å². The van der Waals surface area contributed by atoms with Gasteiger partial charge in [-0.15, -0.1) is 0 Å². The second kappa shape index (κ2) is 5.01. The highest BCUT2D eigenvalue weighted by Gasteiger charge is 2.53. The van der Waals surface area contributed by atoms with E-state index in [0.29, 0.717) is 29.8 Å². The molecule has 20 heavy (non-hydrogen) atoms. The van der Waals surface area contributed by atoms with Gasteiger partial charge in [-0.1, -0.05) is 32.1 Å². The lowest BCUT2D eigenvalue weighted by atomic mass is 9.85. The lowest BCUT2D eigenvalue weighted by molar-refractivity contribution is -0.139. The Labute approximate surface area is 121 Å². The Kier molecular flexibility index (Phi) is 3.29. The Bertz CT molecular complexity index is 376. The summed E-state index contributed by atoms with van der Waals surface area (Å²) in [5.74, 6) is 2.33. The van der Waals surface area contributed by atoms with E-state index in [2.05, 4.69) is 4.90 Å². The van der Waals surface area contributed by atoms with Crippen LogP contribution in [0.15, 0.2) is 0 Å². The molecule has 2 saturated heterocycles. The van der Waals surface area contributed by atoms with Crippen molar-refractivity contribution < 1.29 is 9.90 Å². The summed E-state index contributed by atoms with van der Waals surface area (Å²) in [4.78, 5) is 15.0. The fourth-order valence-electron chi connectivity index (χ4n) is 5.28. The van der Waals surface area contributed by atoms with Gasteiger partial charge in [0, 0.05) is 18.0 Å². The molecule has 1 amide bonds. The molecular weight excluding hydrogens is 250 g/mol. The Balaban J connectivity index is 1.39. The van der Waals surface area contributed by atoms with Crippen molar-refractivity contribution in [3.63, 3.8) is 0 Å². The van der Waals surface area contributed by atoms with Crippen molar-refractivity contribution in [3.05, 3.63) is 0 Å². The molecule has 4 rings (SSSR count).